The fourth-order valence-corrected chi connectivity index (χ4v) is 4.05. The van der Waals surface area contributed by atoms with Crippen molar-refractivity contribution in [1.29, 1.82) is 0 Å². The first-order valence-electron chi connectivity index (χ1n) is 8.79. The SMILES string of the molecule is COC1(C)C(=O)C(O)(C=O)C(C)=C2C(=O)C=CC(=O)OC(C)C(O)C3OC3C21. The van der Waals surface area contributed by atoms with Crippen molar-refractivity contribution in [3.63, 3.8) is 0 Å². The number of hydrogen-bond donors (Lipinski definition) is 2. The van der Waals surface area contributed by atoms with E-state index in [-0.39, 0.29) is 17.4 Å². The van der Waals surface area contributed by atoms with Gasteiger partial charge < -0.3 is 24.4 Å². The van der Waals surface area contributed by atoms with Gasteiger partial charge in [-0.05, 0) is 32.4 Å². The highest BCUT2D eigenvalue weighted by Crippen LogP contribution is 2.50. The van der Waals surface area contributed by atoms with E-state index < -0.39 is 59.1 Å². The maximum absolute atomic E-state index is 13.0. The molecule has 1 fully saturated rings. The van der Waals surface area contributed by atoms with E-state index in [2.05, 4.69) is 0 Å². The molecule has 7 atom stereocenters. The van der Waals surface area contributed by atoms with E-state index >= 15 is 0 Å². The monoisotopic (exact) mass is 394 g/mol. The largest absolute Gasteiger partial charge is 0.457 e. The van der Waals surface area contributed by atoms with Gasteiger partial charge in [0.05, 0.1) is 12.0 Å². The number of Topliss-reactive ketones (excluding diaryl/α,β-unsaturated/α-hetero) is 1. The van der Waals surface area contributed by atoms with Gasteiger partial charge in [-0.1, -0.05) is 0 Å². The number of aliphatic hydroxyl groups is 2. The number of cyclic esters (lactones) is 1. The molecule has 9 heteroatoms. The Balaban J connectivity index is 2.25. The van der Waals surface area contributed by atoms with Crippen molar-refractivity contribution in [2.45, 2.75) is 56.4 Å². The van der Waals surface area contributed by atoms with Crippen LogP contribution >= 0.6 is 0 Å². The number of aliphatic hydroxyl groups excluding tert-OH is 1. The minimum Gasteiger partial charge on any atom is -0.457 e. The number of carbonyl (C=O) groups excluding carboxylic acids is 4. The van der Waals surface area contributed by atoms with Gasteiger partial charge in [-0.25, -0.2) is 4.79 Å². The summed E-state index contributed by atoms with van der Waals surface area (Å²) in [7, 11) is 1.22. The number of allylic oxidation sites excluding steroid dienone is 1. The van der Waals surface area contributed by atoms with Crippen molar-refractivity contribution in [2.24, 2.45) is 5.92 Å². The van der Waals surface area contributed by atoms with Gasteiger partial charge in [0.25, 0.3) is 0 Å². The Morgan fingerprint density at radius 2 is 1.86 bits per heavy atom. The van der Waals surface area contributed by atoms with Gasteiger partial charge in [-0.3, -0.25) is 14.4 Å². The molecule has 0 aromatic heterocycles. The first-order valence-corrected chi connectivity index (χ1v) is 8.79. The van der Waals surface area contributed by atoms with Gasteiger partial charge in [0.15, 0.2) is 12.1 Å². The zero-order chi connectivity index (χ0) is 21.0. The molecule has 0 aromatic carbocycles. The van der Waals surface area contributed by atoms with Crippen LogP contribution in [0.15, 0.2) is 23.3 Å². The maximum atomic E-state index is 13.0. The number of hydrogen-bond acceptors (Lipinski definition) is 9. The minimum atomic E-state index is -2.56. The second-order valence-electron chi connectivity index (χ2n) is 7.44. The van der Waals surface area contributed by atoms with Gasteiger partial charge in [-0.2, -0.15) is 0 Å². The number of ketones is 2. The Kier molecular flexibility index (Phi) is 4.91. The lowest BCUT2D eigenvalue weighted by Gasteiger charge is -2.45. The zero-order valence-electron chi connectivity index (χ0n) is 15.9. The Morgan fingerprint density at radius 3 is 2.43 bits per heavy atom. The number of carbonyl (C=O) groups is 4. The lowest BCUT2D eigenvalue weighted by atomic mass is 9.63. The van der Waals surface area contributed by atoms with Gasteiger partial charge in [0, 0.05) is 18.8 Å². The maximum Gasteiger partial charge on any atom is 0.331 e. The number of esters is 1. The highest BCUT2D eigenvalue weighted by Gasteiger charge is 2.66. The molecule has 7 unspecified atom stereocenters. The second-order valence-corrected chi connectivity index (χ2v) is 7.44. The van der Waals surface area contributed by atoms with E-state index in [0.29, 0.717) is 0 Å². The van der Waals surface area contributed by atoms with E-state index in [4.69, 9.17) is 14.2 Å². The van der Waals surface area contributed by atoms with Crippen LogP contribution in [0, 0.1) is 5.92 Å². The average molecular weight is 394 g/mol. The highest BCUT2D eigenvalue weighted by atomic mass is 16.6. The van der Waals surface area contributed by atoms with Crippen molar-refractivity contribution >= 4 is 23.8 Å². The number of fused-ring (bicyclic) bond motifs is 3. The molecule has 28 heavy (non-hydrogen) atoms. The van der Waals surface area contributed by atoms with Crippen molar-refractivity contribution in [1.82, 2.24) is 0 Å². The topological polar surface area (TPSA) is 140 Å². The zero-order valence-corrected chi connectivity index (χ0v) is 15.9. The molecular formula is C19H22O9. The standard InChI is InChI=1S/C19H22O9/c1-8-12-10(21)5-6-11(22)27-9(2)14(23)16-15(28-16)13(12)18(3,26-4)17(24)19(8,25)7-20/h5-7,9,13-16,23,25H,1-4H3. The quantitative estimate of drug-likeness (QED) is 0.262. The molecule has 0 spiro atoms. The Hall–Kier alpha value is -2.20. The third-order valence-corrected chi connectivity index (χ3v) is 5.92. The van der Waals surface area contributed by atoms with Crippen molar-refractivity contribution < 1.29 is 43.6 Å². The molecule has 1 saturated heterocycles. The molecule has 0 saturated carbocycles. The predicted octanol–water partition coefficient (Wildman–Crippen LogP) is -0.964. The number of rotatable bonds is 2. The summed E-state index contributed by atoms with van der Waals surface area (Å²) in [6, 6.07) is 0. The smallest absolute Gasteiger partial charge is 0.331 e. The molecule has 2 N–H and O–H groups in total. The molecule has 2 aliphatic heterocycles. The fraction of sp³-hybridized carbons (Fsp3) is 0.579. The molecule has 9 nitrogen and oxygen atoms in total. The molecule has 1 aliphatic carbocycles. The average Bonchev–Trinajstić information content (AvgIpc) is 3.45. The summed E-state index contributed by atoms with van der Waals surface area (Å²) >= 11 is 0. The number of ether oxygens (including phenoxy) is 3. The molecule has 152 valence electrons. The normalized spacial score (nSPS) is 43.6. The third kappa shape index (κ3) is 2.77. The minimum absolute atomic E-state index is 0.0592. The Morgan fingerprint density at radius 1 is 1.21 bits per heavy atom. The first-order chi connectivity index (χ1) is 13.0. The van der Waals surface area contributed by atoms with Gasteiger partial charge in [-0.15, -0.1) is 0 Å². The Labute approximate surface area is 160 Å². The van der Waals surface area contributed by atoms with Crippen LogP contribution in [0.1, 0.15) is 20.8 Å². The van der Waals surface area contributed by atoms with Crippen LogP contribution in [-0.2, 0) is 33.4 Å². The van der Waals surface area contributed by atoms with Crippen LogP contribution in [0.3, 0.4) is 0 Å². The van der Waals surface area contributed by atoms with E-state index in [1.807, 2.05) is 0 Å². The molecule has 0 aromatic rings. The summed E-state index contributed by atoms with van der Waals surface area (Å²) in [4.78, 5) is 49.4. The number of methoxy groups -OCH3 is 1. The van der Waals surface area contributed by atoms with Gasteiger partial charge >= 0.3 is 5.97 Å². The number of aldehydes is 1. The molecule has 0 amide bonds. The predicted molar refractivity (Wildman–Crippen MR) is 92.0 cm³/mol. The molecule has 3 rings (SSSR count). The van der Waals surface area contributed by atoms with Crippen molar-refractivity contribution in [3.8, 4) is 0 Å². The summed E-state index contributed by atoms with van der Waals surface area (Å²) in [5, 5.41) is 21.2. The van der Waals surface area contributed by atoms with Crippen LogP contribution in [0.5, 0.6) is 0 Å². The molecule has 0 bridgehead atoms. The third-order valence-electron chi connectivity index (χ3n) is 5.92. The fourth-order valence-electron chi connectivity index (χ4n) is 4.05. The summed E-state index contributed by atoms with van der Waals surface area (Å²) < 4.78 is 16.0. The molecule has 2 heterocycles. The highest BCUT2D eigenvalue weighted by molar-refractivity contribution is 6.16. The van der Waals surface area contributed by atoms with Crippen LogP contribution < -0.4 is 0 Å². The van der Waals surface area contributed by atoms with E-state index in [9.17, 15) is 29.4 Å². The second kappa shape index (κ2) is 6.70. The summed E-state index contributed by atoms with van der Waals surface area (Å²) in [5.41, 5.74) is -4.57. The Bertz CT molecular complexity index is 812. The lowest BCUT2D eigenvalue weighted by molar-refractivity contribution is -0.165. The molecule has 0 radical (unpaired) electrons. The van der Waals surface area contributed by atoms with Crippen molar-refractivity contribution in [3.05, 3.63) is 23.3 Å². The van der Waals surface area contributed by atoms with Crippen LogP contribution in [-0.4, -0.2) is 76.8 Å². The summed E-state index contributed by atoms with van der Waals surface area (Å²) in [6.45, 7) is 4.13. The van der Waals surface area contributed by atoms with Gasteiger partial charge in [0.2, 0.25) is 11.4 Å². The molecular weight excluding hydrogens is 372 g/mol. The first kappa shape index (κ1) is 20.5. The number of epoxide rings is 1. The van der Waals surface area contributed by atoms with E-state index in [1.54, 1.807) is 0 Å². The van der Waals surface area contributed by atoms with Crippen LogP contribution in [0.2, 0.25) is 0 Å². The van der Waals surface area contributed by atoms with Crippen LogP contribution in [0.4, 0.5) is 0 Å². The van der Waals surface area contributed by atoms with Crippen molar-refractivity contribution in [2.75, 3.05) is 7.11 Å². The van der Waals surface area contributed by atoms with Gasteiger partial charge in [0.1, 0.15) is 23.9 Å². The summed E-state index contributed by atoms with van der Waals surface area (Å²) in [6.07, 6.45) is -1.89. The van der Waals surface area contributed by atoms with Crippen LogP contribution in [0.25, 0.3) is 0 Å². The van der Waals surface area contributed by atoms with E-state index in [1.165, 1.54) is 27.9 Å². The van der Waals surface area contributed by atoms with E-state index in [0.717, 1.165) is 12.2 Å². The summed E-state index contributed by atoms with van der Waals surface area (Å²) in [5.74, 6) is -3.49. The molecule has 3 aliphatic rings. The lowest BCUT2D eigenvalue weighted by Crippen LogP contribution is -2.63.